The molecule has 0 heterocycles. The molecule has 0 saturated heterocycles. The summed E-state index contributed by atoms with van der Waals surface area (Å²) < 4.78 is 0. The maximum absolute atomic E-state index is 9.44. The van der Waals surface area contributed by atoms with E-state index in [9.17, 15) is 5.21 Å². The van der Waals surface area contributed by atoms with Gasteiger partial charge in [-0.25, -0.2) is 0 Å². The Kier molecular flexibility index (Phi) is 22.8. The van der Waals surface area contributed by atoms with E-state index in [1.807, 2.05) is 0 Å². The van der Waals surface area contributed by atoms with Crippen LogP contribution in [-0.4, -0.2) is 38.0 Å². The van der Waals surface area contributed by atoms with Gasteiger partial charge in [-0.1, -0.05) is 84.0 Å². The SMILES string of the molecule is CCCCCCCCCCCCCCCN(C)O.C[NH+](C)[O-]. The van der Waals surface area contributed by atoms with Crippen LogP contribution in [0.4, 0.5) is 0 Å². The van der Waals surface area contributed by atoms with Crippen molar-refractivity contribution < 1.29 is 10.3 Å². The molecule has 0 aliphatic rings. The summed E-state index contributed by atoms with van der Waals surface area (Å²) in [7, 11) is 4.78. The van der Waals surface area contributed by atoms with Gasteiger partial charge in [-0.15, -0.1) is 0 Å². The van der Waals surface area contributed by atoms with Gasteiger partial charge in [0.2, 0.25) is 0 Å². The van der Waals surface area contributed by atoms with Gasteiger partial charge in [0.1, 0.15) is 0 Å². The smallest absolute Gasteiger partial charge is 0.0660 e. The number of rotatable bonds is 14. The van der Waals surface area contributed by atoms with E-state index in [4.69, 9.17) is 5.21 Å². The van der Waals surface area contributed by atoms with Crippen LogP contribution in [-0.2, 0) is 0 Å². The highest BCUT2D eigenvalue weighted by molar-refractivity contribution is 4.49. The Morgan fingerprint density at radius 1 is 0.727 bits per heavy atom. The zero-order chi connectivity index (χ0) is 17.1. The van der Waals surface area contributed by atoms with Crippen LogP contribution in [0.2, 0.25) is 0 Å². The highest BCUT2D eigenvalue weighted by Gasteiger charge is 1.94. The number of nitrogens with zero attached hydrogens (tertiary/aromatic N) is 1. The topological polar surface area (TPSA) is 51.0 Å². The Morgan fingerprint density at radius 2 is 1.00 bits per heavy atom. The number of nitrogens with one attached hydrogen (secondary N) is 1. The fourth-order valence-corrected chi connectivity index (χ4v) is 2.36. The molecule has 0 atom stereocenters. The van der Waals surface area contributed by atoms with E-state index in [1.54, 1.807) is 7.05 Å². The zero-order valence-electron chi connectivity index (χ0n) is 15.7. The van der Waals surface area contributed by atoms with E-state index in [2.05, 4.69) is 6.92 Å². The zero-order valence-corrected chi connectivity index (χ0v) is 15.7. The van der Waals surface area contributed by atoms with E-state index in [1.165, 1.54) is 96.2 Å². The first kappa shape index (κ1) is 24.1. The lowest BCUT2D eigenvalue weighted by Crippen LogP contribution is -3.00. The Balaban J connectivity index is 0. The third kappa shape index (κ3) is 32.0. The van der Waals surface area contributed by atoms with Crippen LogP contribution < -0.4 is 5.06 Å². The van der Waals surface area contributed by atoms with Gasteiger partial charge >= 0.3 is 0 Å². The van der Waals surface area contributed by atoms with Gasteiger partial charge in [-0.3, -0.25) is 0 Å². The number of hydroxylamine groups is 4. The summed E-state index contributed by atoms with van der Waals surface area (Å²) in [5.74, 6) is 0. The molecule has 0 fully saturated rings. The lowest BCUT2D eigenvalue weighted by molar-refractivity contribution is -0.802. The predicted octanol–water partition coefficient (Wildman–Crippen LogP) is 4.03. The summed E-state index contributed by atoms with van der Waals surface area (Å²) in [5.41, 5.74) is 0. The summed E-state index contributed by atoms with van der Waals surface area (Å²) in [5, 5.41) is 19.9. The minimum absolute atomic E-state index is 0.167. The van der Waals surface area contributed by atoms with E-state index >= 15 is 0 Å². The number of hydrogen-bond acceptors (Lipinski definition) is 3. The summed E-state index contributed by atoms with van der Waals surface area (Å²) in [4.78, 5) is 0. The van der Waals surface area contributed by atoms with Crippen LogP contribution in [0.5, 0.6) is 0 Å². The van der Waals surface area contributed by atoms with Gasteiger partial charge in [-0.2, -0.15) is 5.06 Å². The van der Waals surface area contributed by atoms with Gasteiger partial charge in [-0.05, 0) is 6.42 Å². The van der Waals surface area contributed by atoms with Gasteiger partial charge in [0.15, 0.2) is 0 Å². The van der Waals surface area contributed by atoms with Crippen LogP contribution in [0, 0.1) is 5.21 Å². The molecule has 22 heavy (non-hydrogen) atoms. The van der Waals surface area contributed by atoms with E-state index in [0.717, 1.165) is 13.0 Å². The molecule has 4 nitrogen and oxygen atoms in total. The summed E-state index contributed by atoms with van der Waals surface area (Å²) in [6, 6.07) is 0. The van der Waals surface area contributed by atoms with Crippen molar-refractivity contribution in [1.82, 2.24) is 5.06 Å². The van der Waals surface area contributed by atoms with Crippen LogP contribution >= 0.6 is 0 Å². The molecule has 0 spiro atoms. The third-order valence-corrected chi connectivity index (χ3v) is 3.59. The monoisotopic (exact) mass is 318 g/mol. The Bertz CT molecular complexity index is 185. The Hall–Kier alpha value is -0.160. The molecular formula is C18H42N2O2. The molecule has 0 aromatic rings. The lowest BCUT2D eigenvalue weighted by atomic mass is 10.0. The maximum Gasteiger partial charge on any atom is 0.0660 e. The molecule has 0 saturated carbocycles. The number of quaternary nitrogens is 1. The second kappa shape index (κ2) is 20.8. The molecule has 0 aromatic heterocycles. The first-order chi connectivity index (χ1) is 10.5. The van der Waals surface area contributed by atoms with Crippen LogP contribution in [0.15, 0.2) is 0 Å². The molecule has 2 N–H and O–H groups in total. The van der Waals surface area contributed by atoms with E-state index in [-0.39, 0.29) is 5.06 Å². The van der Waals surface area contributed by atoms with Crippen molar-refractivity contribution >= 4 is 0 Å². The van der Waals surface area contributed by atoms with Crippen molar-refractivity contribution in [3.63, 3.8) is 0 Å². The second-order valence-electron chi connectivity index (χ2n) is 6.53. The Labute approximate surface area is 139 Å². The molecule has 0 radical (unpaired) electrons. The average Bonchev–Trinajstić information content (AvgIpc) is 2.43. The highest BCUT2D eigenvalue weighted by atomic mass is 16.5. The fraction of sp³-hybridized carbons (Fsp3) is 1.00. The molecule has 136 valence electrons. The summed E-state index contributed by atoms with van der Waals surface area (Å²) in [6.45, 7) is 3.09. The standard InChI is InChI=1S/C16H35NO.C2H7NO/c1-3-4-5-6-7-8-9-10-11-12-13-14-15-16-17(2)18;1-3(2)4/h18H,3-16H2,1-2H3;3H,1-2H3. The molecule has 0 amide bonds. The molecule has 0 aliphatic heterocycles. The highest BCUT2D eigenvalue weighted by Crippen LogP contribution is 2.12. The second-order valence-corrected chi connectivity index (χ2v) is 6.53. The number of hydrogen-bond donors (Lipinski definition) is 2. The fourth-order valence-electron chi connectivity index (χ4n) is 2.36. The molecule has 0 aliphatic carbocycles. The van der Waals surface area contributed by atoms with Crippen LogP contribution in [0.25, 0.3) is 0 Å². The van der Waals surface area contributed by atoms with Gasteiger partial charge in [0.05, 0.1) is 14.1 Å². The van der Waals surface area contributed by atoms with E-state index < -0.39 is 0 Å². The van der Waals surface area contributed by atoms with Gasteiger partial charge < -0.3 is 15.5 Å². The van der Waals surface area contributed by atoms with Crippen molar-refractivity contribution in [1.29, 1.82) is 0 Å². The predicted molar refractivity (Wildman–Crippen MR) is 96.3 cm³/mol. The normalized spacial score (nSPS) is 10.9. The summed E-state index contributed by atoms with van der Waals surface area (Å²) >= 11 is 0. The first-order valence-corrected chi connectivity index (χ1v) is 9.37. The summed E-state index contributed by atoms with van der Waals surface area (Å²) in [6.07, 6.45) is 17.9. The minimum atomic E-state index is 0.167. The quantitative estimate of drug-likeness (QED) is 0.375. The molecule has 0 rings (SSSR count). The van der Waals surface area contributed by atoms with Crippen LogP contribution in [0.3, 0.4) is 0 Å². The third-order valence-electron chi connectivity index (χ3n) is 3.59. The van der Waals surface area contributed by atoms with Crippen molar-refractivity contribution in [2.24, 2.45) is 0 Å². The largest absolute Gasteiger partial charge is 0.635 e. The Morgan fingerprint density at radius 3 is 1.27 bits per heavy atom. The lowest BCUT2D eigenvalue weighted by Gasteiger charge is -2.07. The van der Waals surface area contributed by atoms with Crippen molar-refractivity contribution in [2.45, 2.75) is 90.4 Å². The van der Waals surface area contributed by atoms with E-state index in [0.29, 0.717) is 0 Å². The van der Waals surface area contributed by atoms with Gasteiger partial charge in [0.25, 0.3) is 0 Å². The van der Waals surface area contributed by atoms with Crippen molar-refractivity contribution in [2.75, 3.05) is 27.7 Å². The van der Waals surface area contributed by atoms with Crippen molar-refractivity contribution in [3.8, 4) is 0 Å². The molecule has 4 heteroatoms. The van der Waals surface area contributed by atoms with Crippen LogP contribution in [0.1, 0.15) is 90.4 Å². The molecule has 0 bridgehead atoms. The minimum Gasteiger partial charge on any atom is -0.635 e. The molecule has 0 aromatic carbocycles. The van der Waals surface area contributed by atoms with Gasteiger partial charge in [0, 0.05) is 13.6 Å². The average molecular weight is 319 g/mol. The molecule has 0 unspecified atom stereocenters. The number of unbranched alkanes of at least 4 members (excludes halogenated alkanes) is 12. The maximum atomic E-state index is 9.44. The van der Waals surface area contributed by atoms with Crippen molar-refractivity contribution in [3.05, 3.63) is 5.21 Å². The molecular weight excluding hydrogens is 276 g/mol. The first-order valence-electron chi connectivity index (χ1n) is 9.37.